The van der Waals surface area contributed by atoms with Crippen LogP contribution in [0.4, 0.5) is 5.82 Å². The zero-order chi connectivity index (χ0) is 12.1. The number of nitrogens with zero attached hydrogens (tertiary/aromatic N) is 4. The highest BCUT2D eigenvalue weighted by molar-refractivity contribution is 5.38. The van der Waals surface area contributed by atoms with E-state index in [4.69, 9.17) is 9.78 Å². The molecule has 1 N–H and O–H groups in total. The van der Waals surface area contributed by atoms with Crippen LogP contribution in [0.1, 0.15) is 17.3 Å². The molecule has 2 aromatic heterocycles. The molecule has 0 saturated heterocycles. The van der Waals surface area contributed by atoms with Gasteiger partial charge in [-0.2, -0.15) is 10.2 Å². The number of nitriles is 1. The van der Waals surface area contributed by atoms with Crippen molar-refractivity contribution >= 4 is 5.82 Å². The maximum absolute atomic E-state index is 8.62. The highest BCUT2D eigenvalue weighted by atomic mass is 16.5. The molecule has 0 atom stereocenters. The van der Waals surface area contributed by atoms with E-state index in [1.54, 1.807) is 19.1 Å². The van der Waals surface area contributed by atoms with Gasteiger partial charge in [0.25, 0.3) is 0 Å². The molecule has 0 aromatic carbocycles. The van der Waals surface area contributed by atoms with E-state index in [1.165, 1.54) is 6.20 Å². The minimum Gasteiger partial charge on any atom is -0.370 e. The molecule has 6 nitrogen and oxygen atoms in total. The first kappa shape index (κ1) is 11.1. The molecule has 0 spiro atoms. The summed E-state index contributed by atoms with van der Waals surface area (Å²) in [6, 6.07) is 5.49. The Morgan fingerprint density at radius 3 is 2.94 bits per heavy atom. The molecule has 0 fully saturated rings. The average Bonchev–Trinajstić information content (AvgIpc) is 2.76. The fourth-order valence-corrected chi connectivity index (χ4v) is 1.30. The normalized spacial score (nSPS) is 9.88. The van der Waals surface area contributed by atoms with Gasteiger partial charge < -0.3 is 9.84 Å². The van der Waals surface area contributed by atoms with Crippen molar-refractivity contribution in [3.63, 3.8) is 0 Å². The van der Waals surface area contributed by atoms with Crippen molar-refractivity contribution in [2.24, 2.45) is 0 Å². The van der Waals surface area contributed by atoms with Crippen LogP contribution in [0.2, 0.25) is 0 Å². The van der Waals surface area contributed by atoms with E-state index in [9.17, 15) is 0 Å². The third kappa shape index (κ3) is 3.01. The Bertz CT molecular complexity index is 526. The van der Waals surface area contributed by atoms with Crippen molar-refractivity contribution in [2.45, 2.75) is 13.3 Å². The summed E-state index contributed by atoms with van der Waals surface area (Å²) in [5.74, 6) is 1.96. The van der Waals surface area contributed by atoms with Gasteiger partial charge in [-0.3, -0.25) is 0 Å². The molecular weight excluding hydrogens is 218 g/mol. The Labute approximate surface area is 98.3 Å². The van der Waals surface area contributed by atoms with Gasteiger partial charge in [-0.05, 0) is 19.1 Å². The van der Waals surface area contributed by atoms with Crippen molar-refractivity contribution in [3.8, 4) is 6.07 Å². The van der Waals surface area contributed by atoms with E-state index in [0.29, 0.717) is 30.2 Å². The first-order valence-electron chi connectivity index (χ1n) is 5.17. The second-order valence-electron chi connectivity index (χ2n) is 3.46. The molecule has 2 rings (SSSR count). The molecule has 6 heteroatoms. The molecule has 0 aliphatic rings. The summed E-state index contributed by atoms with van der Waals surface area (Å²) in [6.07, 6.45) is 2.17. The number of pyridine rings is 1. The zero-order valence-corrected chi connectivity index (χ0v) is 9.34. The third-order valence-corrected chi connectivity index (χ3v) is 2.11. The van der Waals surface area contributed by atoms with Crippen LogP contribution < -0.4 is 5.32 Å². The predicted octanol–water partition coefficient (Wildman–Crippen LogP) is 1.30. The van der Waals surface area contributed by atoms with Crippen molar-refractivity contribution in [3.05, 3.63) is 35.6 Å². The van der Waals surface area contributed by atoms with E-state index in [1.807, 2.05) is 6.07 Å². The van der Waals surface area contributed by atoms with Gasteiger partial charge >= 0.3 is 0 Å². The summed E-state index contributed by atoms with van der Waals surface area (Å²) < 4.78 is 4.97. The van der Waals surface area contributed by atoms with Gasteiger partial charge in [-0.1, -0.05) is 5.16 Å². The molecule has 0 bridgehead atoms. The van der Waals surface area contributed by atoms with Crippen LogP contribution in [0, 0.1) is 18.3 Å². The molecule has 17 heavy (non-hydrogen) atoms. The number of rotatable bonds is 4. The maximum Gasteiger partial charge on any atom is 0.228 e. The molecule has 86 valence electrons. The van der Waals surface area contributed by atoms with Crippen molar-refractivity contribution in [1.29, 1.82) is 5.26 Å². The van der Waals surface area contributed by atoms with Gasteiger partial charge in [0.1, 0.15) is 11.9 Å². The summed E-state index contributed by atoms with van der Waals surface area (Å²) in [4.78, 5) is 8.17. The van der Waals surface area contributed by atoms with Crippen LogP contribution in [0.3, 0.4) is 0 Å². The largest absolute Gasteiger partial charge is 0.370 e. The lowest BCUT2D eigenvalue weighted by molar-refractivity contribution is 0.377. The highest BCUT2D eigenvalue weighted by Gasteiger charge is 2.02. The van der Waals surface area contributed by atoms with Crippen LogP contribution in [-0.4, -0.2) is 21.7 Å². The number of nitrogens with one attached hydrogen (secondary N) is 1. The molecule has 0 unspecified atom stereocenters. The fraction of sp³-hybridized carbons (Fsp3) is 0.273. The SMILES string of the molecule is Cc1noc(CCNc2ccc(C#N)cn2)n1. The molecular formula is C11H11N5O. The van der Waals surface area contributed by atoms with Gasteiger partial charge in [-0.15, -0.1) is 0 Å². The van der Waals surface area contributed by atoms with E-state index < -0.39 is 0 Å². The summed E-state index contributed by atoms with van der Waals surface area (Å²) in [6.45, 7) is 2.43. The number of aryl methyl sites for hydroxylation is 1. The lowest BCUT2D eigenvalue weighted by Gasteiger charge is -2.02. The Balaban J connectivity index is 1.84. The Hall–Kier alpha value is -2.42. The predicted molar refractivity (Wildman–Crippen MR) is 60.2 cm³/mol. The summed E-state index contributed by atoms with van der Waals surface area (Å²) >= 11 is 0. The number of hydrogen-bond donors (Lipinski definition) is 1. The monoisotopic (exact) mass is 229 g/mol. The van der Waals surface area contributed by atoms with E-state index in [2.05, 4.69) is 20.4 Å². The smallest absolute Gasteiger partial charge is 0.228 e. The Kier molecular flexibility index (Phi) is 3.31. The average molecular weight is 229 g/mol. The molecule has 0 amide bonds. The lowest BCUT2D eigenvalue weighted by Crippen LogP contribution is -2.06. The van der Waals surface area contributed by atoms with Crippen LogP contribution in [0.5, 0.6) is 0 Å². The zero-order valence-electron chi connectivity index (χ0n) is 9.34. The quantitative estimate of drug-likeness (QED) is 0.850. The summed E-state index contributed by atoms with van der Waals surface area (Å²) in [7, 11) is 0. The van der Waals surface area contributed by atoms with E-state index >= 15 is 0 Å². The van der Waals surface area contributed by atoms with Crippen LogP contribution >= 0.6 is 0 Å². The van der Waals surface area contributed by atoms with Crippen LogP contribution in [0.25, 0.3) is 0 Å². The van der Waals surface area contributed by atoms with Crippen molar-refractivity contribution < 1.29 is 4.52 Å². The maximum atomic E-state index is 8.62. The van der Waals surface area contributed by atoms with E-state index in [-0.39, 0.29) is 0 Å². The molecule has 0 aliphatic carbocycles. The first-order chi connectivity index (χ1) is 8.28. The number of aromatic nitrogens is 3. The molecule has 0 aliphatic heterocycles. The van der Waals surface area contributed by atoms with Gasteiger partial charge in [-0.25, -0.2) is 4.98 Å². The standard InChI is InChI=1S/C11H11N5O/c1-8-15-11(17-16-8)4-5-13-10-3-2-9(6-12)7-14-10/h2-3,7H,4-5H2,1H3,(H,13,14). The van der Waals surface area contributed by atoms with Gasteiger partial charge in [0.15, 0.2) is 5.82 Å². The topological polar surface area (TPSA) is 87.6 Å². The minimum atomic E-state index is 0.545. The molecule has 0 saturated carbocycles. The Morgan fingerprint density at radius 1 is 1.47 bits per heavy atom. The first-order valence-corrected chi connectivity index (χ1v) is 5.17. The number of anilines is 1. The van der Waals surface area contributed by atoms with Gasteiger partial charge in [0.05, 0.1) is 5.56 Å². The van der Waals surface area contributed by atoms with Gasteiger partial charge in [0.2, 0.25) is 5.89 Å². The van der Waals surface area contributed by atoms with E-state index in [0.717, 1.165) is 5.82 Å². The third-order valence-electron chi connectivity index (χ3n) is 2.11. The molecule has 2 aromatic rings. The Morgan fingerprint density at radius 2 is 2.35 bits per heavy atom. The summed E-state index contributed by atoms with van der Waals surface area (Å²) in [5, 5.41) is 15.4. The number of hydrogen-bond acceptors (Lipinski definition) is 6. The van der Waals surface area contributed by atoms with Crippen LogP contribution in [-0.2, 0) is 6.42 Å². The van der Waals surface area contributed by atoms with Gasteiger partial charge in [0, 0.05) is 19.2 Å². The molecule has 2 heterocycles. The van der Waals surface area contributed by atoms with Crippen LogP contribution in [0.15, 0.2) is 22.9 Å². The fourth-order valence-electron chi connectivity index (χ4n) is 1.30. The molecule has 0 radical (unpaired) electrons. The minimum absolute atomic E-state index is 0.545. The summed E-state index contributed by atoms with van der Waals surface area (Å²) in [5.41, 5.74) is 0.545. The van der Waals surface area contributed by atoms with Crippen molar-refractivity contribution in [1.82, 2.24) is 15.1 Å². The lowest BCUT2D eigenvalue weighted by atomic mass is 10.3. The second kappa shape index (κ2) is 5.07. The second-order valence-corrected chi connectivity index (χ2v) is 3.46. The highest BCUT2D eigenvalue weighted by Crippen LogP contribution is 2.04. The van der Waals surface area contributed by atoms with Crippen molar-refractivity contribution in [2.75, 3.05) is 11.9 Å².